The van der Waals surface area contributed by atoms with Gasteiger partial charge in [0, 0.05) is 12.2 Å². The standard InChI is InChI=1S/C24H41N/c1-4-6-9-15-24(16-10-8-11-17-24)18-14-22-12-13-23(20-21(22)3)25-19-7-5-2/h12-13,20,25H,4-11,14-19H2,1-3H3. The van der Waals surface area contributed by atoms with Crippen LogP contribution < -0.4 is 5.32 Å². The highest BCUT2D eigenvalue weighted by atomic mass is 14.9. The summed E-state index contributed by atoms with van der Waals surface area (Å²) in [5, 5.41) is 3.56. The van der Waals surface area contributed by atoms with Gasteiger partial charge in [-0.15, -0.1) is 0 Å². The van der Waals surface area contributed by atoms with Crippen LogP contribution in [0.3, 0.4) is 0 Å². The molecule has 1 aromatic carbocycles. The fourth-order valence-electron chi connectivity index (χ4n) is 4.57. The normalized spacial score (nSPS) is 16.8. The lowest BCUT2D eigenvalue weighted by Gasteiger charge is -2.38. The minimum Gasteiger partial charge on any atom is -0.385 e. The molecule has 0 spiro atoms. The van der Waals surface area contributed by atoms with Gasteiger partial charge in [-0.2, -0.15) is 0 Å². The third-order valence-electron chi connectivity index (χ3n) is 6.35. The number of hydrogen-bond donors (Lipinski definition) is 1. The van der Waals surface area contributed by atoms with Crippen LogP contribution in [-0.2, 0) is 6.42 Å². The molecule has 0 aromatic heterocycles. The SMILES string of the molecule is CCCCCC1(CCc2ccc(NCCCC)cc2C)CCCCC1. The van der Waals surface area contributed by atoms with Gasteiger partial charge in [0.15, 0.2) is 0 Å². The number of hydrogen-bond acceptors (Lipinski definition) is 1. The second kappa shape index (κ2) is 10.9. The first-order valence-corrected chi connectivity index (χ1v) is 11.0. The average Bonchev–Trinajstić information content (AvgIpc) is 2.62. The zero-order chi connectivity index (χ0) is 18.0. The van der Waals surface area contributed by atoms with Crippen LogP contribution in [0, 0.1) is 12.3 Å². The molecule has 142 valence electrons. The van der Waals surface area contributed by atoms with Gasteiger partial charge in [-0.25, -0.2) is 0 Å². The second-order valence-electron chi connectivity index (χ2n) is 8.44. The summed E-state index contributed by atoms with van der Waals surface area (Å²) in [6.07, 6.45) is 18.2. The Morgan fingerprint density at radius 3 is 2.36 bits per heavy atom. The largest absolute Gasteiger partial charge is 0.385 e. The lowest BCUT2D eigenvalue weighted by atomic mass is 9.67. The number of nitrogens with one attached hydrogen (secondary N) is 1. The van der Waals surface area contributed by atoms with Crippen LogP contribution >= 0.6 is 0 Å². The summed E-state index contributed by atoms with van der Waals surface area (Å²) in [6.45, 7) is 7.96. The third-order valence-corrected chi connectivity index (χ3v) is 6.35. The van der Waals surface area contributed by atoms with Crippen molar-refractivity contribution in [1.82, 2.24) is 0 Å². The van der Waals surface area contributed by atoms with E-state index >= 15 is 0 Å². The van der Waals surface area contributed by atoms with Gasteiger partial charge in [0.25, 0.3) is 0 Å². The molecule has 0 atom stereocenters. The molecule has 0 unspecified atom stereocenters. The van der Waals surface area contributed by atoms with Gasteiger partial charge in [-0.05, 0) is 74.1 Å². The number of benzene rings is 1. The molecule has 1 aliphatic rings. The van der Waals surface area contributed by atoms with Crippen molar-refractivity contribution in [2.45, 2.75) is 104 Å². The molecule has 1 fully saturated rings. The number of aryl methyl sites for hydroxylation is 2. The Morgan fingerprint density at radius 1 is 0.920 bits per heavy atom. The van der Waals surface area contributed by atoms with E-state index in [0.717, 1.165) is 6.54 Å². The quantitative estimate of drug-likeness (QED) is 0.406. The van der Waals surface area contributed by atoms with Crippen LogP contribution in [0.4, 0.5) is 5.69 Å². The van der Waals surface area contributed by atoms with Crippen molar-refractivity contribution in [2.24, 2.45) is 5.41 Å². The summed E-state index contributed by atoms with van der Waals surface area (Å²) in [4.78, 5) is 0. The highest BCUT2D eigenvalue weighted by Crippen LogP contribution is 2.44. The average molecular weight is 344 g/mol. The van der Waals surface area contributed by atoms with Crippen LogP contribution in [-0.4, -0.2) is 6.54 Å². The van der Waals surface area contributed by atoms with Crippen molar-refractivity contribution in [1.29, 1.82) is 0 Å². The Hall–Kier alpha value is -0.980. The summed E-state index contributed by atoms with van der Waals surface area (Å²) >= 11 is 0. The van der Waals surface area contributed by atoms with E-state index in [2.05, 4.69) is 44.3 Å². The van der Waals surface area contributed by atoms with Gasteiger partial charge in [-0.1, -0.05) is 64.9 Å². The van der Waals surface area contributed by atoms with E-state index in [1.807, 2.05) is 0 Å². The van der Waals surface area contributed by atoms with E-state index < -0.39 is 0 Å². The van der Waals surface area contributed by atoms with Gasteiger partial charge in [0.2, 0.25) is 0 Å². The van der Waals surface area contributed by atoms with Crippen LogP contribution in [0.1, 0.15) is 102 Å². The topological polar surface area (TPSA) is 12.0 Å². The molecule has 0 bridgehead atoms. The number of anilines is 1. The summed E-state index contributed by atoms with van der Waals surface area (Å²) < 4.78 is 0. The molecule has 1 saturated carbocycles. The van der Waals surface area contributed by atoms with E-state index in [1.54, 1.807) is 5.56 Å². The van der Waals surface area contributed by atoms with Crippen molar-refractivity contribution in [3.05, 3.63) is 29.3 Å². The summed E-state index contributed by atoms with van der Waals surface area (Å²) in [6, 6.07) is 7.03. The summed E-state index contributed by atoms with van der Waals surface area (Å²) in [7, 11) is 0. The molecule has 0 radical (unpaired) electrons. The van der Waals surface area contributed by atoms with Crippen molar-refractivity contribution in [2.75, 3.05) is 11.9 Å². The van der Waals surface area contributed by atoms with Gasteiger partial charge >= 0.3 is 0 Å². The molecule has 1 nitrogen and oxygen atoms in total. The minimum atomic E-state index is 0.651. The fraction of sp³-hybridized carbons (Fsp3) is 0.750. The highest BCUT2D eigenvalue weighted by molar-refractivity contribution is 5.48. The van der Waals surface area contributed by atoms with Crippen molar-refractivity contribution in [3.63, 3.8) is 0 Å². The highest BCUT2D eigenvalue weighted by Gasteiger charge is 2.31. The molecular formula is C24H41N. The third kappa shape index (κ3) is 6.68. The minimum absolute atomic E-state index is 0.651. The van der Waals surface area contributed by atoms with Crippen molar-refractivity contribution in [3.8, 4) is 0 Å². The summed E-state index contributed by atoms with van der Waals surface area (Å²) in [5.74, 6) is 0. The zero-order valence-corrected chi connectivity index (χ0v) is 17.1. The van der Waals surface area contributed by atoms with Crippen molar-refractivity contribution >= 4 is 5.69 Å². The number of unbranched alkanes of at least 4 members (excludes halogenated alkanes) is 3. The van der Waals surface area contributed by atoms with Gasteiger partial charge in [0.1, 0.15) is 0 Å². The molecule has 1 N–H and O–H groups in total. The summed E-state index contributed by atoms with van der Waals surface area (Å²) in [5.41, 5.74) is 4.99. The molecule has 0 heterocycles. The van der Waals surface area contributed by atoms with Crippen LogP contribution in [0.15, 0.2) is 18.2 Å². The maximum Gasteiger partial charge on any atom is 0.0343 e. The van der Waals surface area contributed by atoms with Gasteiger partial charge in [-0.3, -0.25) is 0 Å². The second-order valence-corrected chi connectivity index (χ2v) is 8.44. The smallest absolute Gasteiger partial charge is 0.0343 e. The van der Waals surface area contributed by atoms with Crippen LogP contribution in [0.25, 0.3) is 0 Å². The Labute approximate surface area is 157 Å². The van der Waals surface area contributed by atoms with Crippen LogP contribution in [0.5, 0.6) is 0 Å². The Balaban J connectivity index is 1.92. The molecule has 2 rings (SSSR count). The molecular weight excluding hydrogens is 302 g/mol. The molecule has 1 aromatic rings. The first-order valence-electron chi connectivity index (χ1n) is 11.0. The molecule has 0 amide bonds. The maximum atomic E-state index is 3.56. The van der Waals surface area contributed by atoms with E-state index in [1.165, 1.54) is 94.7 Å². The van der Waals surface area contributed by atoms with Crippen molar-refractivity contribution < 1.29 is 0 Å². The maximum absolute atomic E-state index is 3.56. The molecule has 1 heteroatoms. The predicted molar refractivity (Wildman–Crippen MR) is 113 cm³/mol. The zero-order valence-electron chi connectivity index (χ0n) is 17.1. The fourth-order valence-corrected chi connectivity index (χ4v) is 4.57. The first-order chi connectivity index (χ1) is 12.2. The number of rotatable bonds is 11. The van der Waals surface area contributed by atoms with Gasteiger partial charge in [0.05, 0.1) is 0 Å². The van der Waals surface area contributed by atoms with E-state index in [4.69, 9.17) is 0 Å². The lowest BCUT2D eigenvalue weighted by molar-refractivity contribution is 0.152. The van der Waals surface area contributed by atoms with Crippen LogP contribution in [0.2, 0.25) is 0 Å². The van der Waals surface area contributed by atoms with E-state index in [9.17, 15) is 0 Å². The Bertz CT molecular complexity index is 485. The lowest BCUT2D eigenvalue weighted by Crippen LogP contribution is -2.25. The van der Waals surface area contributed by atoms with E-state index in [-0.39, 0.29) is 0 Å². The monoisotopic (exact) mass is 343 g/mol. The molecule has 25 heavy (non-hydrogen) atoms. The molecule has 0 saturated heterocycles. The Kier molecular flexibility index (Phi) is 8.85. The van der Waals surface area contributed by atoms with E-state index in [0.29, 0.717) is 5.41 Å². The molecule has 1 aliphatic carbocycles. The Morgan fingerprint density at radius 2 is 1.68 bits per heavy atom. The predicted octanol–water partition coefficient (Wildman–Crippen LogP) is 7.67. The van der Waals surface area contributed by atoms with Gasteiger partial charge < -0.3 is 5.32 Å². The molecule has 0 aliphatic heterocycles. The first kappa shape index (κ1) is 20.3.